The molecule has 8 heteroatoms. The lowest BCUT2D eigenvalue weighted by Crippen LogP contribution is -2.16. The van der Waals surface area contributed by atoms with Crippen LogP contribution in [0.15, 0.2) is 17.3 Å². The molecule has 0 aliphatic rings. The van der Waals surface area contributed by atoms with E-state index in [1.54, 1.807) is 18.5 Å². The van der Waals surface area contributed by atoms with Crippen molar-refractivity contribution in [1.82, 2.24) is 14.8 Å². The van der Waals surface area contributed by atoms with Crippen LogP contribution in [0.3, 0.4) is 0 Å². The van der Waals surface area contributed by atoms with E-state index in [1.807, 2.05) is 32.9 Å². The molecule has 0 saturated heterocycles. The average molecular weight is 376 g/mol. The van der Waals surface area contributed by atoms with Crippen LogP contribution in [0.25, 0.3) is 0 Å². The van der Waals surface area contributed by atoms with Gasteiger partial charge in [0.2, 0.25) is 5.91 Å². The Bertz CT molecular complexity index is 794. The molecular weight excluding hydrogens is 352 g/mol. The standard InChI is InChI=1S/C18H24N4O3S/c1-6-25-16(24)9-14-20-21-18(22(14)5)26-10-15(23)19-17-12(3)7-11(2)8-13(17)4/h7-8H,6,9-10H2,1-5H3,(H,19,23). The zero-order chi connectivity index (χ0) is 19.3. The quantitative estimate of drug-likeness (QED) is 0.590. The Morgan fingerprint density at radius 1 is 1.19 bits per heavy atom. The number of esters is 1. The molecule has 7 nitrogen and oxygen atoms in total. The molecule has 0 aliphatic heterocycles. The summed E-state index contributed by atoms with van der Waals surface area (Å²) in [5.74, 6) is 0.261. The fraction of sp³-hybridized carbons (Fsp3) is 0.444. The van der Waals surface area contributed by atoms with Crippen LogP contribution in [0, 0.1) is 20.8 Å². The van der Waals surface area contributed by atoms with Crippen LogP contribution < -0.4 is 5.32 Å². The molecule has 1 aromatic heterocycles. The highest BCUT2D eigenvalue weighted by Crippen LogP contribution is 2.23. The molecule has 140 valence electrons. The van der Waals surface area contributed by atoms with Crippen molar-refractivity contribution >= 4 is 29.3 Å². The van der Waals surface area contributed by atoms with E-state index >= 15 is 0 Å². The molecule has 2 aromatic rings. The van der Waals surface area contributed by atoms with E-state index in [2.05, 4.69) is 15.5 Å². The maximum Gasteiger partial charge on any atom is 0.313 e. The third kappa shape index (κ3) is 5.08. The first-order chi connectivity index (χ1) is 12.3. The number of anilines is 1. The van der Waals surface area contributed by atoms with Gasteiger partial charge in [-0.2, -0.15) is 0 Å². The summed E-state index contributed by atoms with van der Waals surface area (Å²) < 4.78 is 6.62. The second kappa shape index (κ2) is 8.84. The number of nitrogens with one attached hydrogen (secondary N) is 1. The topological polar surface area (TPSA) is 86.1 Å². The van der Waals surface area contributed by atoms with Crippen LogP contribution in [0.2, 0.25) is 0 Å². The van der Waals surface area contributed by atoms with E-state index in [1.165, 1.54) is 17.3 Å². The van der Waals surface area contributed by atoms with Gasteiger partial charge in [0.05, 0.1) is 12.4 Å². The molecule has 2 rings (SSSR count). The van der Waals surface area contributed by atoms with Crippen LogP contribution in [0.4, 0.5) is 5.69 Å². The van der Waals surface area contributed by atoms with Crippen molar-refractivity contribution in [2.45, 2.75) is 39.3 Å². The number of thioether (sulfide) groups is 1. The summed E-state index contributed by atoms with van der Waals surface area (Å²) in [5, 5.41) is 11.6. The molecule has 0 unspecified atom stereocenters. The molecule has 26 heavy (non-hydrogen) atoms. The minimum atomic E-state index is -0.345. The van der Waals surface area contributed by atoms with Gasteiger partial charge < -0.3 is 14.6 Å². The summed E-state index contributed by atoms with van der Waals surface area (Å²) in [6, 6.07) is 4.08. The summed E-state index contributed by atoms with van der Waals surface area (Å²) in [7, 11) is 1.77. The summed E-state index contributed by atoms with van der Waals surface area (Å²) in [6.07, 6.45) is 0.0614. The van der Waals surface area contributed by atoms with Gasteiger partial charge in [0.1, 0.15) is 12.2 Å². The number of aryl methyl sites for hydroxylation is 3. The minimum absolute atomic E-state index is 0.0614. The van der Waals surface area contributed by atoms with E-state index in [4.69, 9.17) is 4.74 Å². The molecule has 1 amide bonds. The van der Waals surface area contributed by atoms with Crippen molar-refractivity contribution in [2.24, 2.45) is 7.05 Å². The van der Waals surface area contributed by atoms with Crippen molar-refractivity contribution in [3.63, 3.8) is 0 Å². The number of carbonyl (C=O) groups is 2. The Morgan fingerprint density at radius 3 is 2.46 bits per heavy atom. The van der Waals surface area contributed by atoms with Crippen molar-refractivity contribution in [3.05, 3.63) is 34.6 Å². The Hall–Kier alpha value is -2.35. The molecule has 0 atom stereocenters. The van der Waals surface area contributed by atoms with Crippen LogP contribution in [-0.2, 0) is 27.8 Å². The zero-order valence-corrected chi connectivity index (χ0v) is 16.6. The second-order valence-corrected chi connectivity index (χ2v) is 6.99. The third-order valence-corrected chi connectivity index (χ3v) is 4.83. The Labute approximate surface area is 157 Å². The fourth-order valence-electron chi connectivity index (χ4n) is 2.65. The number of amides is 1. The first-order valence-electron chi connectivity index (χ1n) is 8.36. The largest absolute Gasteiger partial charge is 0.466 e. The maximum absolute atomic E-state index is 12.3. The van der Waals surface area contributed by atoms with Crippen molar-refractivity contribution < 1.29 is 14.3 Å². The second-order valence-electron chi connectivity index (χ2n) is 6.05. The minimum Gasteiger partial charge on any atom is -0.466 e. The number of carbonyl (C=O) groups excluding carboxylic acids is 2. The van der Waals surface area contributed by atoms with Crippen molar-refractivity contribution in [2.75, 3.05) is 17.7 Å². The van der Waals surface area contributed by atoms with Gasteiger partial charge in [-0.15, -0.1) is 10.2 Å². The van der Waals surface area contributed by atoms with Crippen LogP contribution in [-0.4, -0.2) is 39.0 Å². The lowest BCUT2D eigenvalue weighted by molar-refractivity contribution is -0.142. The van der Waals surface area contributed by atoms with Crippen LogP contribution in [0.1, 0.15) is 29.4 Å². The Kier molecular flexibility index (Phi) is 6.79. The van der Waals surface area contributed by atoms with Gasteiger partial charge in [-0.3, -0.25) is 9.59 Å². The lowest BCUT2D eigenvalue weighted by Gasteiger charge is -2.12. The van der Waals surface area contributed by atoms with Gasteiger partial charge in [0.25, 0.3) is 0 Å². The molecule has 0 radical (unpaired) electrons. The summed E-state index contributed by atoms with van der Waals surface area (Å²) in [5.41, 5.74) is 4.09. The molecule has 0 fully saturated rings. The maximum atomic E-state index is 12.3. The summed E-state index contributed by atoms with van der Waals surface area (Å²) >= 11 is 1.28. The van der Waals surface area contributed by atoms with E-state index < -0.39 is 0 Å². The lowest BCUT2D eigenvalue weighted by atomic mass is 10.1. The van der Waals surface area contributed by atoms with Crippen LogP contribution in [0.5, 0.6) is 0 Å². The first kappa shape index (κ1) is 20.0. The smallest absolute Gasteiger partial charge is 0.313 e. The Morgan fingerprint density at radius 2 is 1.85 bits per heavy atom. The number of benzene rings is 1. The fourth-order valence-corrected chi connectivity index (χ4v) is 3.38. The molecule has 0 saturated carbocycles. The number of hydrogen-bond acceptors (Lipinski definition) is 6. The number of hydrogen-bond donors (Lipinski definition) is 1. The highest BCUT2D eigenvalue weighted by Gasteiger charge is 2.15. The molecule has 1 aromatic carbocycles. The van der Waals surface area contributed by atoms with Crippen molar-refractivity contribution in [1.29, 1.82) is 0 Å². The van der Waals surface area contributed by atoms with Gasteiger partial charge >= 0.3 is 5.97 Å². The molecule has 1 N–H and O–H groups in total. The predicted octanol–water partition coefficient (Wildman–Crippen LogP) is 2.58. The third-order valence-electron chi connectivity index (χ3n) is 3.81. The number of rotatable bonds is 7. The number of aromatic nitrogens is 3. The Balaban J connectivity index is 1.96. The average Bonchev–Trinajstić information content (AvgIpc) is 2.89. The van der Waals surface area contributed by atoms with Gasteiger partial charge in [-0.25, -0.2) is 0 Å². The van der Waals surface area contributed by atoms with Crippen molar-refractivity contribution in [3.8, 4) is 0 Å². The highest BCUT2D eigenvalue weighted by molar-refractivity contribution is 7.99. The van der Waals surface area contributed by atoms with Gasteiger partial charge in [-0.05, 0) is 38.8 Å². The summed E-state index contributed by atoms with van der Waals surface area (Å²) in [4.78, 5) is 23.8. The van der Waals surface area contributed by atoms with Gasteiger partial charge in [0, 0.05) is 12.7 Å². The molecule has 0 spiro atoms. The van der Waals surface area contributed by atoms with Gasteiger partial charge in [0.15, 0.2) is 5.16 Å². The highest BCUT2D eigenvalue weighted by atomic mass is 32.2. The van der Waals surface area contributed by atoms with E-state index in [0.29, 0.717) is 17.6 Å². The SMILES string of the molecule is CCOC(=O)Cc1nnc(SCC(=O)Nc2c(C)cc(C)cc2C)n1C. The van der Waals surface area contributed by atoms with Crippen LogP contribution >= 0.6 is 11.8 Å². The van der Waals surface area contributed by atoms with Gasteiger partial charge in [-0.1, -0.05) is 29.5 Å². The molecular formula is C18H24N4O3S. The number of nitrogens with zero attached hydrogens (tertiary/aromatic N) is 3. The van der Waals surface area contributed by atoms with E-state index in [9.17, 15) is 9.59 Å². The zero-order valence-electron chi connectivity index (χ0n) is 15.8. The first-order valence-corrected chi connectivity index (χ1v) is 9.34. The summed E-state index contributed by atoms with van der Waals surface area (Å²) in [6.45, 7) is 8.08. The monoisotopic (exact) mass is 376 g/mol. The normalized spacial score (nSPS) is 10.7. The predicted molar refractivity (Wildman–Crippen MR) is 101 cm³/mol. The van der Waals surface area contributed by atoms with E-state index in [0.717, 1.165) is 16.8 Å². The molecule has 1 heterocycles. The number of ether oxygens (including phenoxy) is 1. The molecule has 0 bridgehead atoms. The molecule has 0 aliphatic carbocycles. The van der Waals surface area contributed by atoms with E-state index in [-0.39, 0.29) is 24.1 Å².